The average Bonchev–Trinajstić information content (AvgIpc) is 3.19. The van der Waals surface area contributed by atoms with Crippen molar-refractivity contribution in [2.75, 3.05) is 17.7 Å². The molecule has 1 N–H and O–H groups in total. The van der Waals surface area contributed by atoms with Gasteiger partial charge < -0.3 is 14.6 Å². The summed E-state index contributed by atoms with van der Waals surface area (Å²) in [7, 11) is -3.58. The van der Waals surface area contributed by atoms with Crippen LogP contribution in [-0.2, 0) is 31.7 Å². The van der Waals surface area contributed by atoms with Gasteiger partial charge in [-0.2, -0.15) is 0 Å². The minimum Gasteiger partial charge on any atom is -0.462 e. The maximum Gasteiger partial charge on any atom is 0.338 e. The van der Waals surface area contributed by atoms with E-state index in [1.807, 2.05) is 13.8 Å². The van der Waals surface area contributed by atoms with Crippen molar-refractivity contribution in [3.8, 4) is 0 Å². The lowest BCUT2D eigenvalue weighted by molar-refractivity contribution is -0.113. The number of hydrogen-bond acceptors (Lipinski definition) is 8. The van der Waals surface area contributed by atoms with Crippen LogP contribution in [0.3, 0.4) is 0 Å². The first-order chi connectivity index (χ1) is 16.2. The van der Waals surface area contributed by atoms with E-state index in [4.69, 9.17) is 4.74 Å². The summed E-state index contributed by atoms with van der Waals surface area (Å²) in [6, 6.07) is 13.1. The molecule has 180 valence electrons. The van der Waals surface area contributed by atoms with Gasteiger partial charge in [-0.05, 0) is 57.2 Å². The van der Waals surface area contributed by atoms with Crippen molar-refractivity contribution < 1.29 is 22.7 Å². The molecule has 0 aliphatic rings. The fraction of sp³-hybridized carbons (Fsp3) is 0.304. The molecule has 0 atom stereocenters. The Labute approximate surface area is 202 Å². The Hall–Kier alpha value is -3.18. The van der Waals surface area contributed by atoms with Crippen LogP contribution in [-0.4, -0.2) is 47.4 Å². The topological polar surface area (TPSA) is 120 Å². The van der Waals surface area contributed by atoms with Crippen LogP contribution in [0.4, 0.5) is 5.69 Å². The third-order valence-corrected chi connectivity index (χ3v) is 7.42. The zero-order valence-electron chi connectivity index (χ0n) is 19.1. The maximum absolute atomic E-state index is 12.8. The van der Waals surface area contributed by atoms with Crippen LogP contribution >= 0.6 is 11.8 Å². The number of amides is 1. The molecule has 1 amide bonds. The Morgan fingerprint density at radius 2 is 1.71 bits per heavy atom. The molecule has 1 heterocycles. The van der Waals surface area contributed by atoms with Gasteiger partial charge in [0.1, 0.15) is 11.6 Å². The summed E-state index contributed by atoms with van der Waals surface area (Å²) < 4.78 is 32.2. The first-order valence-electron chi connectivity index (χ1n) is 10.6. The monoisotopic (exact) mass is 502 g/mol. The second-order valence-corrected chi connectivity index (χ2v) is 10.3. The molecule has 2 aromatic carbocycles. The molecule has 1 aromatic heterocycles. The Morgan fingerprint density at radius 3 is 2.32 bits per heavy atom. The molecule has 0 aliphatic carbocycles. The van der Waals surface area contributed by atoms with Crippen molar-refractivity contribution in [2.45, 2.75) is 43.1 Å². The van der Waals surface area contributed by atoms with E-state index in [2.05, 4.69) is 15.5 Å². The number of thioether (sulfide) groups is 1. The molecule has 0 spiro atoms. The Balaban J connectivity index is 1.61. The Bertz CT molecular complexity index is 1250. The van der Waals surface area contributed by atoms with Gasteiger partial charge in [-0.25, -0.2) is 13.2 Å². The van der Waals surface area contributed by atoms with Crippen LogP contribution in [0.2, 0.25) is 0 Å². The second kappa shape index (κ2) is 11.3. The summed E-state index contributed by atoms with van der Waals surface area (Å²) in [6.07, 6.45) is 0. The number of hydrogen-bond donors (Lipinski definition) is 1. The van der Waals surface area contributed by atoms with Crippen molar-refractivity contribution in [3.63, 3.8) is 0 Å². The van der Waals surface area contributed by atoms with Gasteiger partial charge in [0.15, 0.2) is 15.0 Å². The van der Waals surface area contributed by atoms with Gasteiger partial charge in [-0.15, -0.1) is 10.2 Å². The summed E-state index contributed by atoms with van der Waals surface area (Å²) in [5.41, 5.74) is 1.92. The van der Waals surface area contributed by atoms with E-state index in [1.54, 1.807) is 60.0 Å². The van der Waals surface area contributed by atoms with Crippen LogP contribution in [0, 0.1) is 6.92 Å². The number of rotatable bonds is 10. The molecule has 3 aromatic rings. The Morgan fingerprint density at radius 1 is 1.03 bits per heavy atom. The SMILES string of the molecule is CCOC(=O)c1ccc(NC(=O)CSc2nnc(CS(=O)(=O)c3ccc(C)cc3)n2CC)cc1. The highest BCUT2D eigenvalue weighted by Crippen LogP contribution is 2.21. The maximum atomic E-state index is 12.8. The number of sulfone groups is 1. The summed E-state index contributed by atoms with van der Waals surface area (Å²) in [6.45, 7) is 6.24. The van der Waals surface area contributed by atoms with Crippen molar-refractivity contribution in [1.29, 1.82) is 0 Å². The molecule has 0 saturated heterocycles. The quantitative estimate of drug-likeness (QED) is 0.330. The summed E-state index contributed by atoms with van der Waals surface area (Å²) in [5, 5.41) is 11.4. The first-order valence-corrected chi connectivity index (χ1v) is 13.3. The summed E-state index contributed by atoms with van der Waals surface area (Å²) in [4.78, 5) is 24.3. The number of esters is 1. The molecule has 0 saturated carbocycles. The standard InChI is InChI=1S/C23H26N4O5S2/c1-4-27-20(15-34(30,31)19-12-6-16(3)7-13-19)25-26-23(27)33-14-21(28)24-18-10-8-17(9-11-18)22(29)32-5-2/h6-13H,4-5,14-15H2,1-3H3,(H,24,28). The Kier molecular flexibility index (Phi) is 8.46. The second-order valence-electron chi connectivity index (χ2n) is 7.35. The minimum atomic E-state index is -3.58. The number of carbonyl (C=O) groups excluding carboxylic acids is 2. The molecule has 11 heteroatoms. The third-order valence-electron chi connectivity index (χ3n) is 4.82. The molecular weight excluding hydrogens is 476 g/mol. The van der Waals surface area contributed by atoms with E-state index in [0.29, 0.717) is 28.8 Å². The fourth-order valence-corrected chi connectivity index (χ4v) is 5.17. The number of nitrogens with zero attached hydrogens (tertiary/aromatic N) is 3. The van der Waals surface area contributed by atoms with E-state index in [1.165, 1.54) is 11.8 Å². The number of aromatic nitrogens is 3. The first kappa shape index (κ1) is 25.4. The lowest BCUT2D eigenvalue weighted by Crippen LogP contribution is -2.15. The number of ether oxygens (including phenoxy) is 1. The van der Waals surface area contributed by atoms with Crippen LogP contribution < -0.4 is 5.32 Å². The van der Waals surface area contributed by atoms with Gasteiger partial charge in [0.05, 0.1) is 22.8 Å². The molecule has 0 unspecified atom stereocenters. The molecule has 0 fully saturated rings. The molecular formula is C23H26N4O5S2. The van der Waals surface area contributed by atoms with E-state index in [0.717, 1.165) is 5.56 Å². The highest BCUT2D eigenvalue weighted by molar-refractivity contribution is 7.99. The van der Waals surface area contributed by atoms with Crippen molar-refractivity contribution in [3.05, 3.63) is 65.5 Å². The zero-order chi connectivity index (χ0) is 24.7. The van der Waals surface area contributed by atoms with Crippen molar-refractivity contribution in [1.82, 2.24) is 14.8 Å². The molecule has 9 nitrogen and oxygen atoms in total. The van der Waals surface area contributed by atoms with Crippen LogP contribution in [0.5, 0.6) is 0 Å². The predicted molar refractivity (Wildman–Crippen MR) is 130 cm³/mol. The molecule has 3 rings (SSSR count). The highest BCUT2D eigenvalue weighted by Gasteiger charge is 2.21. The van der Waals surface area contributed by atoms with Gasteiger partial charge in [0, 0.05) is 12.2 Å². The lowest BCUT2D eigenvalue weighted by atomic mass is 10.2. The molecule has 0 radical (unpaired) electrons. The van der Waals surface area contributed by atoms with Gasteiger partial charge in [-0.1, -0.05) is 29.5 Å². The third kappa shape index (κ3) is 6.45. The number of benzene rings is 2. The molecule has 34 heavy (non-hydrogen) atoms. The predicted octanol–water partition coefficient (Wildman–Crippen LogP) is 3.49. The van der Waals surface area contributed by atoms with Crippen molar-refractivity contribution >= 4 is 39.2 Å². The van der Waals surface area contributed by atoms with E-state index < -0.39 is 15.8 Å². The van der Waals surface area contributed by atoms with E-state index >= 15 is 0 Å². The number of carbonyl (C=O) groups is 2. The van der Waals surface area contributed by atoms with Crippen LogP contribution in [0.1, 0.15) is 35.6 Å². The van der Waals surface area contributed by atoms with Gasteiger partial charge in [0.2, 0.25) is 5.91 Å². The van der Waals surface area contributed by atoms with E-state index in [9.17, 15) is 18.0 Å². The van der Waals surface area contributed by atoms with Crippen LogP contribution in [0.15, 0.2) is 58.6 Å². The van der Waals surface area contributed by atoms with Crippen LogP contribution in [0.25, 0.3) is 0 Å². The largest absolute Gasteiger partial charge is 0.462 e. The van der Waals surface area contributed by atoms with Gasteiger partial charge in [0.25, 0.3) is 0 Å². The molecule has 0 aliphatic heterocycles. The fourth-order valence-electron chi connectivity index (χ4n) is 3.08. The zero-order valence-corrected chi connectivity index (χ0v) is 20.8. The minimum absolute atomic E-state index is 0.0580. The normalized spacial score (nSPS) is 11.3. The molecule has 0 bridgehead atoms. The summed E-state index contributed by atoms with van der Waals surface area (Å²) in [5.74, 6) is -0.595. The van der Waals surface area contributed by atoms with Gasteiger partial charge >= 0.3 is 5.97 Å². The lowest BCUT2D eigenvalue weighted by Gasteiger charge is -2.09. The van der Waals surface area contributed by atoms with E-state index in [-0.39, 0.29) is 28.9 Å². The average molecular weight is 503 g/mol. The van der Waals surface area contributed by atoms with Crippen molar-refractivity contribution in [2.24, 2.45) is 0 Å². The number of nitrogens with one attached hydrogen (secondary N) is 1. The van der Waals surface area contributed by atoms with Gasteiger partial charge in [-0.3, -0.25) is 4.79 Å². The number of anilines is 1. The highest BCUT2D eigenvalue weighted by atomic mass is 32.2. The summed E-state index contributed by atoms with van der Waals surface area (Å²) >= 11 is 1.17. The number of aryl methyl sites for hydroxylation is 1. The smallest absolute Gasteiger partial charge is 0.338 e.